The molecule has 1 N–H and O–H groups in total. The summed E-state index contributed by atoms with van der Waals surface area (Å²) in [7, 11) is 4.60. The zero-order valence-electron chi connectivity index (χ0n) is 19.0. The second-order valence-corrected chi connectivity index (χ2v) is 7.43. The Bertz CT molecular complexity index is 866. The number of esters is 1. The SMILES string of the molecule is COc1cc(CCC(=O)O[C@@H](C)C(=O)Nc2ccc(C(C)C)cc2)cc(OC)c1OC. The Kier molecular flexibility index (Phi) is 8.73. The van der Waals surface area contributed by atoms with E-state index in [0.29, 0.717) is 35.3 Å². The molecule has 0 bridgehead atoms. The zero-order chi connectivity index (χ0) is 23.0. The molecule has 31 heavy (non-hydrogen) atoms. The molecule has 0 spiro atoms. The van der Waals surface area contributed by atoms with E-state index in [1.807, 2.05) is 24.3 Å². The van der Waals surface area contributed by atoms with E-state index in [1.54, 1.807) is 19.1 Å². The summed E-state index contributed by atoms with van der Waals surface area (Å²) in [5, 5.41) is 2.77. The van der Waals surface area contributed by atoms with Gasteiger partial charge in [-0.1, -0.05) is 26.0 Å². The van der Waals surface area contributed by atoms with E-state index in [9.17, 15) is 9.59 Å². The summed E-state index contributed by atoms with van der Waals surface area (Å²) in [5.74, 6) is 1.09. The Labute approximate surface area is 183 Å². The summed E-state index contributed by atoms with van der Waals surface area (Å²) in [5.41, 5.74) is 2.67. The predicted octanol–water partition coefficient (Wildman–Crippen LogP) is 4.34. The number of carbonyl (C=O) groups excluding carboxylic acids is 2. The first-order valence-corrected chi connectivity index (χ1v) is 10.2. The lowest BCUT2D eigenvalue weighted by Gasteiger charge is -2.15. The molecule has 0 radical (unpaired) electrons. The largest absolute Gasteiger partial charge is 0.493 e. The van der Waals surface area contributed by atoms with Crippen molar-refractivity contribution in [3.63, 3.8) is 0 Å². The highest BCUT2D eigenvalue weighted by atomic mass is 16.5. The van der Waals surface area contributed by atoms with Gasteiger partial charge in [0.2, 0.25) is 5.75 Å². The number of nitrogens with one attached hydrogen (secondary N) is 1. The molecular weight excluding hydrogens is 398 g/mol. The summed E-state index contributed by atoms with van der Waals surface area (Å²) in [6, 6.07) is 11.2. The van der Waals surface area contributed by atoms with Gasteiger partial charge in [0.15, 0.2) is 17.6 Å². The Morgan fingerprint density at radius 1 is 0.903 bits per heavy atom. The second kappa shape index (κ2) is 11.2. The molecule has 0 aromatic heterocycles. The molecule has 0 aliphatic carbocycles. The summed E-state index contributed by atoms with van der Waals surface area (Å²) < 4.78 is 21.2. The summed E-state index contributed by atoms with van der Waals surface area (Å²) in [4.78, 5) is 24.6. The van der Waals surface area contributed by atoms with Crippen molar-refractivity contribution in [3.8, 4) is 17.2 Å². The highest BCUT2D eigenvalue weighted by molar-refractivity contribution is 5.95. The molecule has 0 aliphatic rings. The molecule has 2 rings (SSSR count). The average Bonchev–Trinajstić information content (AvgIpc) is 2.76. The van der Waals surface area contributed by atoms with Crippen LogP contribution in [0.2, 0.25) is 0 Å². The molecule has 7 nitrogen and oxygen atoms in total. The van der Waals surface area contributed by atoms with Gasteiger partial charge in [-0.3, -0.25) is 9.59 Å². The first-order valence-electron chi connectivity index (χ1n) is 10.2. The van der Waals surface area contributed by atoms with E-state index >= 15 is 0 Å². The van der Waals surface area contributed by atoms with Crippen molar-refractivity contribution in [1.29, 1.82) is 0 Å². The third-order valence-corrected chi connectivity index (χ3v) is 4.86. The first kappa shape index (κ1) is 24.1. The highest BCUT2D eigenvalue weighted by Gasteiger charge is 2.19. The van der Waals surface area contributed by atoms with E-state index in [1.165, 1.54) is 26.9 Å². The fourth-order valence-corrected chi connectivity index (χ4v) is 3.03. The van der Waals surface area contributed by atoms with Crippen LogP contribution in [0.25, 0.3) is 0 Å². The summed E-state index contributed by atoms with van der Waals surface area (Å²) >= 11 is 0. The number of hydrogen-bond donors (Lipinski definition) is 1. The van der Waals surface area contributed by atoms with Crippen molar-refractivity contribution in [2.45, 2.75) is 45.6 Å². The molecule has 0 heterocycles. The molecule has 2 aromatic carbocycles. The van der Waals surface area contributed by atoms with Crippen molar-refractivity contribution >= 4 is 17.6 Å². The van der Waals surface area contributed by atoms with Crippen LogP contribution in [0.5, 0.6) is 17.2 Å². The van der Waals surface area contributed by atoms with Crippen LogP contribution in [0.3, 0.4) is 0 Å². The van der Waals surface area contributed by atoms with Crippen LogP contribution in [-0.2, 0) is 20.7 Å². The van der Waals surface area contributed by atoms with Crippen molar-refractivity contribution in [1.82, 2.24) is 0 Å². The molecule has 0 fully saturated rings. The van der Waals surface area contributed by atoms with Crippen molar-refractivity contribution in [2.24, 2.45) is 0 Å². The predicted molar refractivity (Wildman–Crippen MR) is 119 cm³/mol. The Morgan fingerprint density at radius 3 is 1.97 bits per heavy atom. The second-order valence-electron chi connectivity index (χ2n) is 7.43. The molecular formula is C24H31NO6. The highest BCUT2D eigenvalue weighted by Crippen LogP contribution is 2.38. The molecule has 0 aliphatic heterocycles. The molecule has 7 heteroatoms. The zero-order valence-corrected chi connectivity index (χ0v) is 19.0. The van der Waals surface area contributed by atoms with Gasteiger partial charge in [0.1, 0.15) is 0 Å². The number of benzene rings is 2. The average molecular weight is 430 g/mol. The molecule has 0 saturated carbocycles. The number of hydrogen-bond acceptors (Lipinski definition) is 6. The number of methoxy groups -OCH3 is 3. The Hall–Kier alpha value is -3.22. The lowest BCUT2D eigenvalue weighted by atomic mass is 10.0. The van der Waals surface area contributed by atoms with Crippen molar-refractivity contribution in [2.75, 3.05) is 26.6 Å². The topological polar surface area (TPSA) is 83.1 Å². The number of ether oxygens (including phenoxy) is 4. The van der Waals surface area contributed by atoms with E-state index in [-0.39, 0.29) is 12.3 Å². The maximum Gasteiger partial charge on any atom is 0.306 e. The number of anilines is 1. The molecule has 1 atom stereocenters. The Balaban J connectivity index is 1.91. The van der Waals surface area contributed by atoms with E-state index in [4.69, 9.17) is 18.9 Å². The van der Waals surface area contributed by atoms with Gasteiger partial charge < -0.3 is 24.3 Å². The van der Waals surface area contributed by atoms with Gasteiger partial charge in [-0.15, -0.1) is 0 Å². The van der Waals surface area contributed by atoms with Crippen LogP contribution in [0.1, 0.15) is 44.2 Å². The standard InChI is InChI=1S/C24H31NO6/c1-15(2)18-8-10-19(11-9-18)25-24(27)16(3)31-22(26)12-7-17-13-20(28-4)23(30-6)21(14-17)29-5/h8-11,13-16H,7,12H2,1-6H3,(H,25,27)/t16-/m0/s1. The smallest absolute Gasteiger partial charge is 0.306 e. The third-order valence-electron chi connectivity index (χ3n) is 4.86. The minimum Gasteiger partial charge on any atom is -0.493 e. The molecule has 1 amide bonds. The fraction of sp³-hybridized carbons (Fsp3) is 0.417. The molecule has 0 saturated heterocycles. The van der Waals surface area contributed by atoms with Gasteiger partial charge in [-0.05, 0) is 54.7 Å². The summed E-state index contributed by atoms with van der Waals surface area (Å²) in [6.07, 6.45) is -0.392. The van der Waals surface area contributed by atoms with Crippen LogP contribution in [0.15, 0.2) is 36.4 Å². The van der Waals surface area contributed by atoms with Crippen LogP contribution in [0.4, 0.5) is 5.69 Å². The maximum atomic E-state index is 12.3. The lowest BCUT2D eigenvalue weighted by molar-refractivity contribution is -0.153. The fourth-order valence-electron chi connectivity index (χ4n) is 3.03. The lowest BCUT2D eigenvalue weighted by Crippen LogP contribution is -2.30. The van der Waals surface area contributed by atoms with Crippen LogP contribution in [-0.4, -0.2) is 39.3 Å². The van der Waals surface area contributed by atoms with Gasteiger partial charge in [-0.2, -0.15) is 0 Å². The van der Waals surface area contributed by atoms with E-state index in [0.717, 1.165) is 5.56 Å². The van der Waals surface area contributed by atoms with E-state index in [2.05, 4.69) is 19.2 Å². The van der Waals surface area contributed by atoms with Gasteiger partial charge >= 0.3 is 5.97 Å². The third kappa shape index (κ3) is 6.64. The minimum absolute atomic E-state index is 0.110. The van der Waals surface area contributed by atoms with Crippen LogP contribution >= 0.6 is 0 Å². The van der Waals surface area contributed by atoms with Gasteiger partial charge in [0.25, 0.3) is 5.91 Å². The number of rotatable bonds is 10. The van der Waals surface area contributed by atoms with Gasteiger partial charge in [-0.25, -0.2) is 0 Å². The van der Waals surface area contributed by atoms with Crippen molar-refractivity contribution < 1.29 is 28.5 Å². The first-order chi connectivity index (χ1) is 14.8. The number of amides is 1. The molecule has 0 unspecified atom stereocenters. The normalized spacial score (nSPS) is 11.6. The summed E-state index contributed by atoms with van der Waals surface area (Å²) in [6.45, 7) is 5.76. The number of aryl methyl sites for hydroxylation is 1. The minimum atomic E-state index is -0.905. The van der Waals surface area contributed by atoms with Crippen molar-refractivity contribution in [3.05, 3.63) is 47.5 Å². The van der Waals surface area contributed by atoms with Gasteiger partial charge in [0, 0.05) is 12.1 Å². The Morgan fingerprint density at radius 2 is 1.48 bits per heavy atom. The molecule has 2 aromatic rings. The van der Waals surface area contributed by atoms with Crippen LogP contribution in [0, 0.1) is 0 Å². The molecule has 168 valence electrons. The quantitative estimate of drug-likeness (QED) is 0.566. The monoisotopic (exact) mass is 429 g/mol. The maximum absolute atomic E-state index is 12.3. The van der Waals surface area contributed by atoms with Crippen LogP contribution < -0.4 is 19.5 Å². The van der Waals surface area contributed by atoms with E-state index < -0.39 is 12.1 Å². The van der Waals surface area contributed by atoms with Gasteiger partial charge in [0.05, 0.1) is 21.3 Å². The number of carbonyl (C=O) groups is 2.